The summed E-state index contributed by atoms with van der Waals surface area (Å²) in [6.45, 7) is 8.00. The molecule has 156 valence electrons. The summed E-state index contributed by atoms with van der Waals surface area (Å²) >= 11 is 12.0. The molecule has 2 atom stereocenters. The highest BCUT2D eigenvalue weighted by Crippen LogP contribution is 2.28. The molecular formula is C19H27Cl2N3O3S. The zero-order valence-corrected chi connectivity index (χ0v) is 18.6. The van der Waals surface area contributed by atoms with Crippen LogP contribution in [0.15, 0.2) is 23.1 Å². The number of rotatable bonds is 4. The highest BCUT2D eigenvalue weighted by Gasteiger charge is 2.32. The highest BCUT2D eigenvalue weighted by molar-refractivity contribution is 7.89. The maximum Gasteiger partial charge on any atom is 0.244 e. The van der Waals surface area contributed by atoms with E-state index in [1.807, 2.05) is 9.80 Å². The minimum absolute atomic E-state index is 0.0301. The van der Waals surface area contributed by atoms with Crippen LogP contribution in [-0.2, 0) is 14.8 Å². The Morgan fingerprint density at radius 2 is 1.68 bits per heavy atom. The van der Waals surface area contributed by atoms with Crippen LogP contribution in [0.3, 0.4) is 0 Å². The summed E-state index contributed by atoms with van der Waals surface area (Å²) in [5, 5.41) is 0.493. The molecule has 2 unspecified atom stereocenters. The fourth-order valence-electron chi connectivity index (χ4n) is 4.10. The summed E-state index contributed by atoms with van der Waals surface area (Å²) in [6.07, 6.45) is 1.16. The van der Waals surface area contributed by atoms with Crippen LogP contribution in [0.2, 0.25) is 10.0 Å². The summed E-state index contributed by atoms with van der Waals surface area (Å²) in [7, 11) is -3.71. The van der Waals surface area contributed by atoms with Gasteiger partial charge in [-0.25, -0.2) is 8.42 Å². The Kier molecular flexibility index (Phi) is 6.92. The number of hydrogen-bond donors (Lipinski definition) is 0. The van der Waals surface area contributed by atoms with Crippen LogP contribution < -0.4 is 0 Å². The topological polar surface area (TPSA) is 60.9 Å². The Balaban J connectivity index is 1.58. The molecule has 3 rings (SSSR count). The number of hydrogen-bond acceptors (Lipinski definition) is 4. The van der Waals surface area contributed by atoms with Gasteiger partial charge >= 0.3 is 0 Å². The number of benzene rings is 1. The maximum atomic E-state index is 12.9. The lowest BCUT2D eigenvalue weighted by molar-refractivity contribution is -0.135. The van der Waals surface area contributed by atoms with E-state index in [0.717, 1.165) is 19.5 Å². The number of halogens is 2. The van der Waals surface area contributed by atoms with E-state index >= 15 is 0 Å². The predicted molar refractivity (Wildman–Crippen MR) is 111 cm³/mol. The lowest BCUT2D eigenvalue weighted by atomic mass is 9.92. The van der Waals surface area contributed by atoms with Crippen molar-refractivity contribution in [3.05, 3.63) is 28.2 Å². The van der Waals surface area contributed by atoms with Crippen molar-refractivity contribution in [2.75, 3.05) is 45.8 Å². The number of likely N-dealkylation sites (tertiary alicyclic amines) is 1. The number of carbonyl (C=O) groups excluding carboxylic acids is 1. The van der Waals surface area contributed by atoms with Gasteiger partial charge in [0, 0.05) is 44.3 Å². The molecule has 28 heavy (non-hydrogen) atoms. The molecule has 1 aromatic carbocycles. The second-order valence-electron chi connectivity index (χ2n) is 8.00. The average Bonchev–Trinajstić information content (AvgIpc) is 2.63. The van der Waals surface area contributed by atoms with Gasteiger partial charge in [-0.1, -0.05) is 37.0 Å². The normalized spacial score (nSPS) is 25.1. The summed E-state index contributed by atoms with van der Waals surface area (Å²) < 4.78 is 27.2. The van der Waals surface area contributed by atoms with Gasteiger partial charge in [-0.05, 0) is 36.5 Å². The summed E-state index contributed by atoms with van der Waals surface area (Å²) in [5.74, 6) is 1.18. The van der Waals surface area contributed by atoms with Gasteiger partial charge in [0.25, 0.3) is 0 Å². The fourth-order valence-corrected chi connectivity index (χ4v) is 6.26. The largest absolute Gasteiger partial charge is 0.341 e. The minimum atomic E-state index is -3.71. The second-order valence-corrected chi connectivity index (χ2v) is 10.7. The number of piperidine rings is 1. The van der Waals surface area contributed by atoms with E-state index in [-0.39, 0.29) is 15.8 Å². The van der Waals surface area contributed by atoms with Gasteiger partial charge in [0.1, 0.15) is 4.90 Å². The predicted octanol–water partition coefficient (Wildman–Crippen LogP) is 2.80. The molecule has 2 aliphatic heterocycles. The quantitative estimate of drug-likeness (QED) is 0.711. The molecule has 0 N–H and O–H groups in total. The third kappa shape index (κ3) is 5.00. The lowest BCUT2D eigenvalue weighted by Gasteiger charge is -2.38. The molecule has 2 fully saturated rings. The Hall–Kier alpha value is -0.860. The van der Waals surface area contributed by atoms with E-state index in [1.165, 1.54) is 16.4 Å². The number of nitrogens with zero attached hydrogens (tertiary/aromatic N) is 3. The van der Waals surface area contributed by atoms with E-state index in [9.17, 15) is 13.2 Å². The SMILES string of the molecule is CC1CC(C)CN(C(=O)CN2CCN(S(=O)(=O)c3cc(Cl)ccc3Cl)CC2)C1. The van der Waals surface area contributed by atoms with Crippen molar-refractivity contribution >= 4 is 39.1 Å². The van der Waals surface area contributed by atoms with Gasteiger partial charge in [-0.2, -0.15) is 4.31 Å². The number of piperazine rings is 1. The van der Waals surface area contributed by atoms with Crippen LogP contribution in [0, 0.1) is 11.8 Å². The van der Waals surface area contributed by atoms with E-state index in [0.29, 0.717) is 49.6 Å². The first-order valence-electron chi connectivity index (χ1n) is 9.62. The van der Waals surface area contributed by atoms with Gasteiger partial charge in [0.2, 0.25) is 15.9 Å². The standard InChI is InChI=1S/C19H27Cl2N3O3S/c1-14-9-15(2)12-23(11-14)19(25)13-22-5-7-24(8-6-22)28(26,27)18-10-16(20)3-4-17(18)21/h3-4,10,14-15H,5-9,11-13H2,1-2H3. The van der Waals surface area contributed by atoms with Gasteiger partial charge < -0.3 is 4.90 Å². The van der Waals surface area contributed by atoms with Gasteiger partial charge in [0.05, 0.1) is 11.6 Å². The van der Waals surface area contributed by atoms with Crippen LogP contribution in [0.1, 0.15) is 20.3 Å². The summed E-state index contributed by atoms with van der Waals surface area (Å²) in [6, 6.07) is 4.44. The van der Waals surface area contributed by atoms with Crippen molar-refractivity contribution in [1.82, 2.24) is 14.1 Å². The van der Waals surface area contributed by atoms with E-state index in [1.54, 1.807) is 6.07 Å². The van der Waals surface area contributed by atoms with Crippen LogP contribution >= 0.6 is 23.2 Å². The fraction of sp³-hybridized carbons (Fsp3) is 0.632. The molecular weight excluding hydrogens is 421 g/mol. The Morgan fingerprint density at radius 3 is 2.29 bits per heavy atom. The molecule has 1 amide bonds. The molecule has 0 aromatic heterocycles. The van der Waals surface area contributed by atoms with Crippen LogP contribution in [0.25, 0.3) is 0 Å². The van der Waals surface area contributed by atoms with Crippen LogP contribution in [-0.4, -0.2) is 74.2 Å². The molecule has 0 saturated carbocycles. The Bertz CT molecular complexity index is 816. The minimum Gasteiger partial charge on any atom is -0.341 e. The number of amides is 1. The Morgan fingerprint density at radius 1 is 1.07 bits per heavy atom. The maximum absolute atomic E-state index is 12.9. The van der Waals surface area contributed by atoms with Gasteiger partial charge in [0.15, 0.2) is 0 Å². The number of sulfonamides is 1. The smallest absolute Gasteiger partial charge is 0.244 e. The zero-order chi connectivity index (χ0) is 20.5. The summed E-state index contributed by atoms with van der Waals surface area (Å²) in [5.41, 5.74) is 0. The first kappa shape index (κ1) is 21.8. The molecule has 1 aromatic rings. The Labute approximate surface area is 177 Å². The highest BCUT2D eigenvalue weighted by atomic mass is 35.5. The molecule has 6 nitrogen and oxygen atoms in total. The van der Waals surface area contributed by atoms with Crippen molar-refractivity contribution < 1.29 is 13.2 Å². The first-order chi connectivity index (χ1) is 13.2. The number of carbonyl (C=O) groups is 1. The summed E-state index contributed by atoms with van der Waals surface area (Å²) in [4.78, 5) is 16.7. The molecule has 2 heterocycles. The van der Waals surface area contributed by atoms with Crippen molar-refractivity contribution in [3.8, 4) is 0 Å². The van der Waals surface area contributed by atoms with E-state index in [2.05, 4.69) is 13.8 Å². The van der Waals surface area contributed by atoms with Gasteiger partial charge in [-0.15, -0.1) is 0 Å². The van der Waals surface area contributed by atoms with Crippen LogP contribution in [0.4, 0.5) is 0 Å². The molecule has 2 saturated heterocycles. The molecule has 2 aliphatic rings. The third-order valence-electron chi connectivity index (χ3n) is 5.42. The average molecular weight is 448 g/mol. The van der Waals surface area contributed by atoms with Crippen molar-refractivity contribution in [3.63, 3.8) is 0 Å². The second kappa shape index (κ2) is 8.88. The monoisotopic (exact) mass is 447 g/mol. The van der Waals surface area contributed by atoms with Crippen molar-refractivity contribution in [1.29, 1.82) is 0 Å². The van der Waals surface area contributed by atoms with Crippen LogP contribution in [0.5, 0.6) is 0 Å². The molecule has 0 bridgehead atoms. The molecule has 0 aliphatic carbocycles. The first-order valence-corrected chi connectivity index (χ1v) is 11.8. The van der Waals surface area contributed by atoms with E-state index in [4.69, 9.17) is 23.2 Å². The van der Waals surface area contributed by atoms with Gasteiger partial charge in [-0.3, -0.25) is 9.69 Å². The molecule has 0 radical (unpaired) electrons. The molecule has 0 spiro atoms. The third-order valence-corrected chi connectivity index (χ3v) is 8.04. The van der Waals surface area contributed by atoms with Crippen molar-refractivity contribution in [2.45, 2.75) is 25.2 Å². The van der Waals surface area contributed by atoms with E-state index < -0.39 is 10.0 Å². The molecule has 9 heteroatoms. The van der Waals surface area contributed by atoms with Crippen molar-refractivity contribution in [2.24, 2.45) is 11.8 Å². The lowest BCUT2D eigenvalue weighted by Crippen LogP contribution is -2.52. The zero-order valence-electron chi connectivity index (χ0n) is 16.3.